The number of benzene rings is 2. The molecule has 0 bridgehead atoms. The topological polar surface area (TPSA) is 76.3 Å². The molecule has 9 heteroatoms. The van der Waals surface area contributed by atoms with Crippen molar-refractivity contribution in [2.45, 2.75) is 33.6 Å². The first-order chi connectivity index (χ1) is 17.1. The fourth-order valence-corrected chi connectivity index (χ4v) is 4.57. The van der Waals surface area contributed by atoms with Gasteiger partial charge in [-0.05, 0) is 73.2 Å². The molecule has 2 aromatic carbocycles. The van der Waals surface area contributed by atoms with Crippen molar-refractivity contribution in [3.63, 3.8) is 0 Å². The summed E-state index contributed by atoms with van der Waals surface area (Å²) >= 11 is 14.3. The summed E-state index contributed by atoms with van der Waals surface area (Å²) in [6.07, 6.45) is 4.16. The number of anilines is 1. The Balaban J connectivity index is 0.000000572. The van der Waals surface area contributed by atoms with Crippen LogP contribution in [0.15, 0.2) is 48.7 Å². The number of halogens is 3. The number of primary amides is 1. The summed E-state index contributed by atoms with van der Waals surface area (Å²) in [4.78, 5) is 29.8. The lowest BCUT2D eigenvalue weighted by molar-refractivity contribution is 0.0984. The number of hydrogen-bond donors (Lipinski definition) is 1. The number of nitrogens with two attached hydrogens (primary N) is 1. The maximum absolute atomic E-state index is 14.1. The van der Waals surface area contributed by atoms with Gasteiger partial charge in [-0.2, -0.15) is 11.8 Å². The average Bonchev–Trinajstić information content (AvgIpc) is 2.84. The number of hydrogen-bond acceptors (Lipinski definition) is 4. The SMILES string of the molecule is CCCSCCC.Cc1cc(-c2cc(C(N)=O)ccc2Cl)cnc1N(C)C(=O)c1c(F)cccc1Cl. The Hall–Kier alpha value is -2.61. The van der Waals surface area contributed by atoms with Gasteiger partial charge in [-0.1, -0.05) is 43.1 Å². The highest BCUT2D eigenvalue weighted by Gasteiger charge is 2.23. The summed E-state index contributed by atoms with van der Waals surface area (Å²) in [6, 6.07) is 10.5. The van der Waals surface area contributed by atoms with Crippen LogP contribution in [-0.4, -0.2) is 35.4 Å². The third-order valence-electron chi connectivity index (χ3n) is 5.11. The molecular formula is C27H30Cl2FN3O2S. The molecule has 0 saturated heterocycles. The summed E-state index contributed by atoms with van der Waals surface area (Å²) in [5.41, 5.74) is 7.29. The van der Waals surface area contributed by atoms with Crippen LogP contribution in [0.2, 0.25) is 10.0 Å². The van der Waals surface area contributed by atoms with Gasteiger partial charge in [-0.15, -0.1) is 0 Å². The Bertz CT molecular complexity index is 1200. The minimum atomic E-state index is -0.710. The maximum atomic E-state index is 14.1. The Morgan fingerprint density at radius 3 is 2.28 bits per heavy atom. The first-order valence-electron chi connectivity index (χ1n) is 11.5. The predicted octanol–water partition coefficient (Wildman–Crippen LogP) is 7.42. The highest BCUT2D eigenvalue weighted by Crippen LogP contribution is 2.31. The van der Waals surface area contributed by atoms with Crippen LogP contribution in [0.25, 0.3) is 11.1 Å². The lowest BCUT2D eigenvalue weighted by Crippen LogP contribution is -2.29. The molecule has 0 atom stereocenters. The molecule has 0 radical (unpaired) electrons. The second-order valence-corrected chi connectivity index (χ2v) is 10.0. The zero-order valence-electron chi connectivity index (χ0n) is 20.8. The fourth-order valence-electron chi connectivity index (χ4n) is 3.32. The van der Waals surface area contributed by atoms with Crippen LogP contribution in [0.4, 0.5) is 10.2 Å². The van der Waals surface area contributed by atoms with Crippen LogP contribution in [0, 0.1) is 12.7 Å². The summed E-state index contributed by atoms with van der Waals surface area (Å²) in [7, 11) is 1.49. The number of amides is 2. The van der Waals surface area contributed by atoms with Gasteiger partial charge in [0.25, 0.3) is 5.91 Å². The smallest absolute Gasteiger partial charge is 0.263 e. The molecule has 192 valence electrons. The quantitative estimate of drug-likeness (QED) is 0.296. The molecule has 2 N–H and O–H groups in total. The first kappa shape index (κ1) is 29.6. The fraction of sp³-hybridized carbons (Fsp3) is 0.296. The lowest BCUT2D eigenvalue weighted by atomic mass is 10.0. The second-order valence-electron chi connectivity index (χ2n) is 8.00. The summed E-state index contributed by atoms with van der Waals surface area (Å²) < 4.78 is 14.1. The van der Waals surface area contributed by atoms with E-state index >= 15 is 0 Å². The minimum Gasteiger partial charge on any atom is -0.366 e. The van der Waals surface area contributed by atoms with Crippen molar-refractivity contribution >= 4 is 52.6 Å². The summed E-state index contributed by atoms with van der Waals surface area (Å²) in [5, 5.41) is 0.442. The molecule has 1 heterocycles. The highest BCUT2D eigenvalue weighted by atomic mass is 35.5. The van der Waals surface area contributed by atoms with Crippen molar-refractivity contribution in [3.05, 3.63) is 81.2 Å². The molecule has 0 fully saturated rings. The van der Waals surface area contributed by atoms with Gasteiger partial charge < -0.3 is 5.73 Å². The Morgan fingerprint density at radius 2 is 1.72 bits per heavy atom. The van der Waals surface area contributed by atoms with E-state index in [0.717, 1.165) is 0 Å². The van der Waals surface area contributed by atoms with E-state index in [2.05, 4.69) is 30.6 Å². The third kappa shape index (κ3) is 7.69. The van der Waals surface area contributed by atoms with Gasteiger partial charge in [0.2, 0.25) is 5.91 Å². The van der Waals surface area contributed by atoms with Crippen molar-refractivity contribution in [2.75, 3.05) is 23.5 Å². The van der Waals surface area contributed by atoms with Crippen LogP contribution in [-0.2, 0) is 0 Å². The number of carbonyl (C=O) groups excluding carboxylic acids is 2. The zero-order valence-corrected chi connectivity index (χ0v) is 23.1. The zero-order chi connectivity index (χ0) is 26.8. The maximum Gasteiger partial charge on any atom is 0.263 e. The first-order valence-corrected chi connectivity index (χ1v) is 13.4. The lowest BCUT2D eigenvalue weighted by Gasteiger charge is -2.20. The van der Waals surface area contributed by atoms with Crippen LogP contribution in [0.3, 0.4) is 0 Å². The molecule has 0 aliphatic heterocycles. The largest absolute Gasteiger partial charge is 0.366 e. The molecule has 2 amide bonds. The van der Waals surface area contributed by atoms with Gasteiger partial charge in [0, 0.05) is 35.0 Å². The number of thioether (sulfide) groups is 1. The number of rotatable bonds is 8. The highest BCUT2D eigenvalue weighted by molar-refractivity contribution is 7.99. The number of nitrogens with zero attached hydrogens (tertiary/aromatic N) is 2. The van der Waals surface area contributed by atoms with Gasteiger partial charge in [0.1, 0.15) is 11.6 Å². The molecule has 0 aliphatic rings. The van der Waals surface area contributed by atoms with Crippen molar-refractivity contribution in [3.8, 4) is 11.1 Å². The van der Waals surface area contributed by atoms with Gasteiger partial charge in [-0.25, -0.2) is 9.37 Å². The second kappa shape index (κ2) is 14.2. The molecule has 3 aromatic rings. The molecule has 1 aromatic heterocycles. The van der Waals surface area contributed by atoms with Crippen molar-refractivity contribution in [2.24, 2.45) is 5.73 Å². The van der Waals surface area contributed by atoms with Crippen LogP contribution in [0.5, 0.6) is 0 Å². The average molecular weight is 551 g/mol. The molecule has 0 unspecified atom stereocenters. The monoisotopic (exact) mass is 549 g/mol. The Morgan fingerprint density at radius 1 is 1.06 bits per heavy atom. The van der Waals surface area contributed by atoms with E-state index in [4.69, 9.17) is 28.9 Å². The van der Waals surface area contributed by atoms with Gasteiger partial charge >= 0.3 is 0 Å². The van der Waals surface area contributed by atoms with Crippen LogP contribution >= 0.6 is 35.0 Å². The van der Waals surface area contributed by atoms with Gasteiger partial charge in [-0.3, -0.25) is 14.5 Å². The van der Waals surface area contributed by atoms with Gasteiger partial charge in [0.05, 0.1) is 10.6 Å². The predicted molar refractivity (Wildman–Crippen MR) is 150 cm³/mol. The standard InChI is InChI=1S/C21H16Cl2FN3O2.C6H14S/c1-11-8-13(14-9-12(19(25)28)6-7-15(14)22)10-26-20(11)27(2)21(29)18-16(23)4-3-5-17(18)24;1-3-5-7-6-4-2/h3-10H,1-2H3,(H2,25,28);3-6H2,1-2H3. The summed E-state index contributed by atoms with van der Waals surface area (Å²) in [6.45, 7) is 6.20. The molecular weight excluding hydrogens is 520 g/mol. The number of carbonyl (C=O) groups is 2. The Kier molecular flexibility index (Phi) is 11.7. The van der Waals surface area contributed by atoms with Crippen molar-refractivity contribution < 1.29 is 14.0 Å². The van der Waals surface area contributed by atoms with Gasteiger partial charge in [0.15, 0.2) is 0 Å². The van der Waals surface area contributed by atoms with E-state index in [0.29, 0.717) is 33.1 Å². The molecule has 0 saturated carbocycles. The van der Waals surface area contributed by atoms with E-state index in [9.17, 15) is 14.0 Å². The Labute approximate surface area is 226 Å². The van der Waals surface area contributed by atoms with E-state index in [1.807, 2.05) is 0 Å². The molecule has 0 aliphatic carbocycles. The van der Waals surface area contributed by atoms with E-state index < -0.39 is 17.6 Å². The van der Waals surface area contributed by atoms with Crippen molar-refractivity contribution in [1.29, 1.82) is 0 Å². The third-order valence-corrected chi connectivity index (χ3v) is 7.15. The normalized spacial score (nSPS) is 10.4. The van der Waals surface area contributed by atoms with E-state index in [1.165, 1.54) is 66.8 Å². The van der Waals surface area contributed by atoms with E-state index in [-0.39, 0.29) is 10.6 Å². The molecule has 5 nitrogen and oxygen atoms in total. The van der Waals surface area contributed by atoms with Crippen LogP contribution < -0.4 is 10.6 Å². The van der Waals surface area contributed by atoms with Crippen LogP contribution in [0.1, 0.15) is 53.0 Å². The summed E-state index contributed by atoms with van der Waals surface area (Å²) in [5.74, 6) is 1.11. The molecule has 3 rings (SSSR count). The molecule has 0 spiro atoms. The minimum absolute atomic E-state index is 0.0196. The van der Waals surface area contributed by atoms with Crippen molar-refractivity contribution in [1.82, 2.24) is 4.98 Å². The number of aryl methyl sites for hydroxylation is 1. The number of aromatic nitrogens is 1. The molecule has 36 heavy (non-hydrogen) atoms. The number of pyridine rings is 1. The van der Waals surface area contributed by atoms with E-state index in [1.54, 1.807) is 25.1 Å².